The number of aliphatic hydroxyl groups is 1. The number of ether oxygens (including phenoxy) is 5. The van der Waals surface area contributed by atoms with E-state index in [1.54, 1.807) is 6.08 Å². The molecule has 0 radical (unpaired) electrons. The Labute approximate surface area is 192 Å². The number of fused-ring (bicyclic) bond motifs is 1. The van der Waals surface area contributed by atoms with Gasteiger partial charge in [-0.3, -0.25) is 4.90 Å². The fourth-order valence-electron chi connectivity index (χ4n) is 2.79. The molecule has 0 fully saturated rings. The van der Waals surface area contributed by atoms with Gasteiger partial charge in [0.05, 0.1) is 6.61 Å². The van der Waals surface area contributed by atoms with Crippen molar-refractivity contribution < 1.29 is 28.8 Å². The van der Waals surface area contributed by atoms with Crippen molar-refractivity contribution in [1.82, 2.24) is 4.90 Å². The molecule has 1 aromatic rings. The summed E-state index contributed by atoms with van der Waals surface area (Å²) in [6.07, 6.45) is 2.31. The number of aryl methyl sites for hydroxylation is 1. The van der Waals surface area contributed by atoms with Gasteiger partial charge in [0.2, 0.25) is 13.6 Å². The molecule has 180 valence electrons. The molecule has 3 rings (SSSR count). The molecule has 0 amide bonds. The predicted molar refractivity (Wildman–Crippen MR) is 127 cm³/mol. The van der Waals surface area contributed by atoms with Gasteiger partial charge in [0.15, 0.2) is 17.3 Å². The van der Waals surface area contributed by atoms with Crippen LogP contribution in [0, 0.1) is 6.92 Å². The monoisotopic (exact) mass is 449 g/mol. The fraction of sp³-hybridized carbons (Fsp3) is 0.520. The summed E-state index contributed by atoms with van der Waals surface area (Å²) < 4.78 is 26.2. The van der Waals surface area contributed by atoms with Crippen molar-refractivity contribution in [3.63, 3.8) is 0 Å². The predicted octanol–water partition coefficient (Wildman–Crippen LogP) is 5.33. The first kappa shape index (κ1) is 27.4. The number of hydrogen-bond acceptors (Lipinski definition) is 7. The summed E-state index contributed by atoms with van der Waals surface area (Å²) >= 11 is 0. The molecule has 0 atom stereocenters. The van der Waals surface area contributed by atoms with Crippen LogP contribution >= 0.6 is 0 Å². The lowest BCUT2D eigenvalue weighted by Crippen LogP contribution is -2.25. The molecule has 1 N–H and O–H groups in total. The fourth-order valence-corrected chi connectivity index (χ4v) is 2.79. The van der Waals surface area contributed by atoms with E-state index in [1.165, 1.54) is 5.56 Å². The molecule has 0 saturated carbocycles. The van der Waals surface area contributed by atoms with E-state index in [0.29, 0.717) is 37.9 Å². The number of benzene rings is 1. The van der Waals surface area contributed by atoms with Crippen molar-refractivity contribution in [3.8, 4) is 11.5 Å². The lowest BCUT2D eigenvalue weighted by Gasteiger charge is -2.17. The van der Waals surface area contributed by atoms with Gasteiger partial charge in [0.25, 0.3) is 0 Å². The first-order chi connectivity index (χ1) is 15.4. The Balaban J connectivity index is 0.000000352. The third kappa shape index (κ3) is 9.24. The second-order valence-corrected chi connectivity index (χ2v) is 6.97. The maximum atomic E-state index is 10.0. The van der Waals surface area contributed by atoms with Gasteiger partial charge in [0, 0.05) is 37.8 Å². The molecule has 0 aliphatic carbocycles. The highest BCUT2D eigenvalue weighted by Crippen LogP contribution is 2.32. The molecular formula is C25H39NO6. The smallest absolute Gasteiger partial charge is 0.231 e. The van der Waals surface area contributed by atoms with Crippen molar-refractivity contribution in [2.75, 3.05) is 46.9 Å². The van der Waals surface area contributed by atoms with E-state index in [4.69, 9.17) is 23.7 Å². The minimum absolute atomic E-state index is 0.125. The van der Waals surface area contributed by atoms with E-state index in [1.807, 2.05) is 64.8 Å². The SMILES string of the molecule is C=C(CN(C)CCOCC)/C(O)=C\C1=C(CC)OCO1.CC.Cc1ccc2c(c1)OCO2. The maximum Gasteiger partial charge on any atom is 0.231 e. The topological polar surface area (TPSA) is 69.6 Å². The van der Waals surface area contributed by atoms with E-state index in [9.17, 15) is 5.11 Å². The van der Waals surface area contributed by atoms with Crippen LogP contribution in [-0.2, 0) is 14.2 Å². The molecule has 0 aromatic heterocycles. The summed E-state index contributed by atoms with van der Waals surface area (Å²) in [4.78, 5) is 2.04. The average molecular weight is 450 g/mol. The quantitative estimate of drug-likeness (QED) is 0.310. The van der Waals surface area contributed by atoms with Crippen LogP contribution in [0.2, 0.25) is 0 Å². The Bertz CT molecular complexity index is 772. The van der Waals surface area contributed by atoms with Gasteiger partial charge in [-0.25, -0.2) is 0 Å². The van der Waals surface area contributed by atoms with Crippen LogP contribution in [0.25, 0.3) is 0 Å². The van der Waals surface area contributed by atoms with E-state index < -0.39 is 0 Å². The molecule has 2 heterocycles. The maximum absolute atomic E-state index is 10.0. The number of rotatable bonds is 9. The van der Waals surface area contributed by atoms with E-state index in [0.717, 1.165) is 30.2 Å². The van der Waals surface area contributed by atoms with Crippen molar-refractivity contribution in [1.29, 1.82) is 0 Å². The molecule has 7 nitrogen and oxygen atoms in total. The van der Waals surface area contributed by atoms with Gasteiger partial charge < -0.3 is 28.8 Å². The normalized spacial score (nSPS) is 14.2. The number of aliphatic hydroxyl groups excluding tert-OH is 1. The van der Waals surface area contributed by atoms with Crippen molar-refractivity contribution >= 4 is 0 Å². The molecular weight excluding hydrogens is 410 g/mol. The summed E-state index contributed by atoms with van der Waals surface area (Å²) in [5.74, 6) is 3.18. The number of nitrogens with zero attached hydrogens (tertiary/aromatic N) is 1. The minimum Gasteiger partial charge on any atom is -0.508 e. The van der Waals surface area contributed by atoms with Crippen LogP contribution in [-0.4, -0.2) is 56.9 Å². The number of allylic oxidation sites excluding steroid dienone is 2. The third-order valence-corrected chi connectivity index (χ3v) is 4.48. The zero-order chi connectivity index (χ0) is 23.9. The molecule has 7 heteroatoms. The van der Waals surface area contributed by atoms with Crippen LogP contribution in [0.1, 0.15) is 39.7 Å². The largest absolute Gasteiger partial charge is 0.508 e. The van der Waals surface area contributed by atoms with Gasteiger partial charge in [-0.2, -0.15) is 0 Å². The first-order valence-corrected chi connectivity index (χ1v) is 11.1. The van der Waals surface area contributed by atoms with Gasteiger partial charge in [-0.1, -0.05) is 33.4 Å². The van der Waals surface area contributed by atoms with E-state index in [2.05, 4.69) is 6.58 Å². The second kappa shape index (κ2) is 15.2. The highest BCUT2D eigenvalue weighted by Gasteiger charge is 2.15. The Morgan fingerprint density at radius 2 is 1.81 bits per heavy atom. The Morgan fingerprint density at radius 3 is 2.50 bits per heavy atom. The van der Waals surface area contributed by atoms with Crippen LogP contribution < -0.4 is 9.47 Å². The standard InChI is InChI=1S/C15H25NO4.C8H8O2.C2H6/c1-5-14-15(20-11-19-14)9-13(17)12(3)10-16(4)7-8-18-6-2;1-6-2-3-7-8(4-6)10-5-9-7;1-2/h9,17H,3,5-8,10-11H2,1-2,4H3;2-4H,5H2,1H3;1-2H3/b13-9+;;. The first-order valence-electron chi connectivity index (χ1n) is 11.1. The number of likely N-dealkylation sites (N-methyl/N-ethyl adjacent to an activating group) is 1. The van der Waals surface area contributed by atoms with Crippen LogP contribution in [0.5, 0.6) is 11.5 Å². The van der Waals surface area contributed by atoms with E-state index >= 15 is 0 Å². The lowest BCUT2D eigenvalue weighted by atomic mass is 10.2. The summed E-state index contributed by atoms with van der Waals surface area (Å²) in [7, 11) is 1.96. The lowest BCUT2D eigenvalue weighted by molar-refractivity contribution is 0.0723. The van der Waals surface area contributed by atoms with Crippen molar-refractivity contribution in [3.05, 3.63) is 59.3 Å². The van der Waals surface area contributed by atoms with E-state index in [-0.39, 0.29) is 12.6 Å². The molecule has 0 saturated heterocycles. The molecule has 0 bridgehead atoms. The molecule has 1 aromatic carbocycles. The van der Waals surface area contributed by atoms with Crippen molar-refractivity contribution in [2.24, 2.45) is 0 Å². The van der Waals surface area contributed by atoms with Crippen molar-refractivity contribution in [2.45, 2.75) is 41.0 Å². The molecule has 2 aliphatic heterocycles. The minimum atomic E-state index is 0.125. The average Bonchev–Trinajstić information content (AvgIpc) is 3.44. The molecule has 0 unspecified atom stereocenters. The summed E-state index contributed by atoms with van der Waals surface area (Å²) in [5.41, 5.74) is 1.84. The Kier molecular flexibility index (Phi) is 13.0. The van der Waals surface area contributed by atoms with Gasteiger partial charge >= 0.3 is 0 Å². The van der Waals surface area contributed by atoms with Crippen LogP contribution in [0.3, 0.4) is 0 Å². The highest BCUT2D eigenvalue weighted by molar-refractivity contribution is 5.43. The highest BCUT2D eigenvalue weighted by atomic mass is 16.7. The Hall–Kier alpha value is -2.64. The zero-order valence-electron chi connectivity index (χ0n) is 20.4. The summed E-state index contributed by atoms with van der Waals surface area (Å²) in [6.45, 7) is 17.2. The van der Waals surface area contributed by atoms with Crippen LogP contribution in [0.4, 0.5) is 0 Å². The van der Waals surface area contributed by atoms with Crippen LogP contribution in [0.15, 0.2) is 53.7 Å². The van der Waals surface area contributed by atoms with Gasteiger partial charge in [-0.15, -0.1) is 0 Å². The second-order valence-electron chi connectivity index (χ2n) is 6.97. The molecule has 32 heavy (non-hydrogen) atoms. The third-order valence-electron chi connectivity index (χ3n) is 4.48. The van der Waals surface area contributed by atoms with Gasteiger partial charge in [-0.05, 0) is 38.6 Å². The Morgan fingerprint density at radius 1 is 1.12 bits per heavy atom. The zero-order valence-corrected chi connectivity index (χ0v) is 20.4. The molecule has 0 spiro atoms. The van der Waals surface area contributed by atoms with Gasteiger partial charge in [0.1, 0.15) is 11.5 Å². The molecule has 2 aliphatic rings. The summed E-state index contributed by atoms with van der Waals surface area (Å²) in [6, 6.07) is 5.91. The number of hydrogen-bond donors (Lipinski definition) is 1. The summed E-state index contributed by atoms with van der Waals surface area (Å²) in [5, 5.41) is 10.0.